The van der Waals surface area contributed by atoms with Crippen LogP contribution in [0.5, 0.6) is 0 Å². The van der Waals surface area contributed by atoms with E-state index in [1.54, 1.807) is 0 Å². The van der Waals surface area contributed by atoms with Gasteiger partial charge in [-0.1, -0.05) is 0 Å². The maximum Gasteiger partial charge on any atom is 0.211 e. The number of hydrogen-bond acceptors (Lipinski definition) is 2. The minimum absolute atomic E-state index is 0.784. The fourth-order valence-electron chi connectivity index (χ4n) is 0.442. The summed E-state index contributed by atoms with van der Waals surface area (Å²) in [6, 6.07) is 0. The highest BCUT2D eigenvalue weighted by Gasteiger charge is 1.96. The molecule has 3 heteroatoms. The third kappa shape index (κ3) is 0.532. The van der Waals surface area contributed by atoms with Crippen molar-refractivity contribution < 1.29 is 4.74 Å². The lowest BCUT2D eigenvalue weighted by atomic mass is 10.2. The summed E-state index contributed by atoms with van der Waals surface area (Å²) in [4.78, 5) is 3.93. The van der Waals surface area contributed by atoms with E-state index in [4.69, 9.17) is 4.74 Å². The van der Waals surface area contributed by atoms with E-state index >= 15 is 0 Å². The van der Waals surface area contributed by atoms with Gasteiger partial charge in [-0.3, -0.25) is 4.99 Å². The van der Waals surface area contributed by atoms with Gasteiger partial charge in [0.2, 0.25) is 7.85 Å². The van der Waals surface area contributed by atoms with Crippen LogP contribution < -0.4 is 0 Å². The van der Waals surface area contributed by atoms with Crippen molar-refractivity contribution in [2.24, 2.45) is 4.99 Å². The van der Waals surface area contributed by atoms with Gasteiger partial charge in [0, 0.05) is 0 Å². The Kier molecular flexibility index (Phi) is 0.822. The van der Waals surface area contributed by atoms with Gasteiger partial charge in [0.15, 0.2) is 0 Å². The molecule has 0 saturated heterocycles. The molecule has 0 radical (unpaired) electrons. The Morgan fingerprint density at radius 1 is 1.83 bits per heavy atom. The minimum atomic E-state index is 0.784. The Hall–Kier alpha value is -0.465. The normalized spacial score (nSPS) is 19.7. The van der Waals surface area contributed by atoms with Gasteiger partial charge in [0.05, 0.1) is 6.54 Å². The third-order valence-corrected chi connectivity index (χ3v) is 0.737. The van der Waals surface area contributed by atoms with Gasteiger partial charge in [0.25, 0.3) is 0 Å². The van der Waals surface area contributed by atoms with Gasteiger partial charge in [-0.15, -0.1) is 0 Å². The Morgan fingerprint density at radius 3 is 2.83 bits per heavy atom. The molecule has 0 saturated carbocycles. The van der Waals surface area contributed by atoms with Crippen molar-refractivity contribution in [3.8, 4) is 0 Å². The first-order valence-electron chi connectivity index (χ1n) is 2.03. The number of hydrogen-bond donors (Lipinski definition) is 0. The molecule has 1 aliphatic heterocycles. The molecule has 2 nitrogen and oxygen atoms in total. The zero-order valence-corrected chi connectivity index (χ0v) is 3.77. The van der Waals surface area contributed by atoms with E-state index in [1.165, 1.54) is 0 Å². The zero-order valence-electron chi connectivity index (χ0n) is 3.77. The van der Waals surface area contributed by atoms with Crippen LogP contribution in [0.3, 0.4) is 0 Å². The highest BCUT2D eigenvalue weighted by Crippen LogP contribution is 1.86. The smallest absolute Gasteiger partial charge is 0.211 e. The number of aliphatic imine (C=N–C) groups is 1. The molecule has 0 aromatic heterocycles. The molecule has 0 N–H and O–H groups in total. The second-order valence-electron chi connectivity index (χ2n) is 1.25. The van der Waals surface area contributed by atoms with Crippen LogP contribution >= 0.6 is 0 Å². The molecule has 0 amide bonds. The van der Waals surface area contributed by atoms with Gasteiger partial charge in [-0.2, -0.15) is 0 Å². The van der Waals surface area contributed by atoms with Gasteiger partial charge in [-0.25, -0.2) is 0 Å². The fourth-order valence-corrected chi connectivity index (χ4v) is 0.442. The molecule has 1 heterocycles. The van der Waals surface area contributed by atoms with Gasteiger partial charge in [-0.05, 0) is 0 Å². The standard InChI is InChI=1S/C3H6BNO/c4-3-5-1-2-6-3/h1-2,4H2. The Balaban J connectivity index is 2.45. The van der Waals surface area contributed by atoms with Crippen LogP contribution in [0.2, 0.25) is 0 Å². The molecule has 1 rings (SSSR count). The SMILES string of the molecule is BC1=NCCO1. The summed E-state index contributed by atoms with van der Waals surface area (Å²) in [6.45, 7) is 1.64. The van der Waals surface area contributed by atoms with E-state index in [0.717, 1.165) is 18.9 Å². The molecule has 0 aromatic carbocycles. The average Bonchev–Trinajstić information content (AvgIpc) is 1.86. The monoisotopic (exact) mass is 83.1 g/mol. The summed E-state index contributed by atoms with van der Waals surface area (Å²) in [5, 5.41) is 0. The minimum Gasteiger partial charge on any atom is -0.489 e. The molecule has 1 aliphatic rings. The van der Waals surface area contributed by atoms with Crippen molar-refractivity contribution in [1.82, 2.24) is 0 Å². The van der Waals surface area contributed by atoms with E-state index in [2.05, 4.69) is 4.99 Å². The highest BCUT2D eigenvalue weighted by molar-refractivity contribution is 6.57. The fraction of sp³-hybridized carbons (Fsp3) is 0.667. The largest absolute Gasteiger partial charge is 0.489 e. The van der Waals surface area contributed by atoms with Crippen molar-refractivity contribution in [1.29, 1.82) is 0 Å². The Bertz CT molecular complexity index is 80.9. The van der Waals surface area contributed by atoms with E-state index in [0.29, 0.717) is 0 Å². The van der Waals surface area contributed by atoms with E-state index in [9.17, 15) is 0 Å². The molecule has 0 spiro atoms. The molecule has 32 valence electrons. The second kappa shape index (κ2) is 1.33. The molecular formula is C3H6BNO. The lowest BCUT2D eigenvalue weighted by Crippen LogP contribution is -1.94. The lowest BCUT2D eigenvalue weighted by molar-refractivity contribution is 0.355. The summed E-state index contributed by atoms with van der Waals surface area (Å²) in [7, 11) is 1.87. The number of rotatable bonds is 0. The highest BCUT2D eigenvalue weighted by atomic mass is 16.5. The predicted molar refractivity (Wildman–Crippen MR) is 26.8 cm³/mol. The van der Waals surface area contributed by atoms with Crippen LogP contribution in [0.1, 0.15) is 0 Å². The van der Waals surface area contributed by atoms with Crippen molar-refractivity contribution in [2.75, 3.05) is 13.2 Å². The molecule has 0 fully saturated rings. The molecule has 0 atom stereocenters. The maximum atomic E-state index is 4.90. The summed E-state index contributed by atoms with van der Waals surface area (Å²) >= 11 is 0. The summed E-state index contributed by atoms with van der Waals surface area (Å²) in [5.74, 6) is 0.829. The van der Waals surface area contributed by atoms with Crippen molar-refractivity contribution in [2.45, 2.75) is 0 Å². The first-order valence-corrected chi connectivity index (χ1v) is 2.03. The quantitative estimate of drug-likeness (QED) is 0.344. The molecule has 0 bridgehead atoms. The molecule has 0 aliphatic carbocycles. The summed E-state index contributed by atoms with van der Waals surface area (Å²) in [5.41, 5.74) is 0. The van der Waals surface area contributed by atoms with E-state index in [1.807, 2.05) is 7.85 Å². The van der Waals surface area contributed by atoms with Gasteiger partial charge in [0.1, 0.15) is 12.4 Å². The van der Waals surface area contributed by atoms with Crippen molar-refractivity contribution in [3.63, 3.8) is 0 Å². The zero-order chi connectivity index (χ0) is 4.41. The predicted octanol–water partition coefficient (Wildman–Crippen LogP) is -0.994. The molecule has 0 aromatic rings. The number of nitrogens with zero attached hydrogens (tertiary/aromatic N) is 1. The lowest BCUT2D eigenvalue weighted by Gasteiger charge is -1.86. The van der Waals surface area contributed by atoms with Crippen molar-refractivity contribution >= 4 is 13.6 Å². The Labute approximate surface area is 37.6 Å². The first-order chi connectivity index (χ1) is 2.89. The number of ether oxygens (including phenoxy) is 1. The van der Waals surface area contributed by atoms with Gasteiger partial charge < -0.3 is 4.74 Å². The second-order valence-corrected chi connectivity index (χ2v) is 1.25. The van der Waals surface area contributed by atoms with Crippen molar-refractivity contribution in [3.05, 3.63) is 0 Å². The Morgan fingerprint density at radius 2 is 2.67 bits per heavy atom. The van der Waals surface area contributed by atoms with Crippen LogP contribution in [0.25, 0.3) is 0 Å². The topological polar surface area (TPSA) is 21.6 Å². The molecular weight excluding hydrogens is 76.9 g/mol. The van der Waals surface area contributed by atoms with Crippen LogP contribution in [-0.2, 0) is 4.74 Å². The maximum absolute atomic E-state index is 4.90. The van der Waals surface area contributed by atoms with Crippen LogP contribution in [-0.4, -0.2) is 26.8 Å². The average molecular weight is 82.9 g/mol. The van der Waals surface area contributed by atoms with E-state index in [-0.39, 0.29) is 0 Å². The van der Waals surface area contributed by atoms with Crippen LogP contribution in [0.4, 0.5) is 0 Å². The summed E-state index contributed by atoms with van der Waals surface area (Å²) < 4.78 is 4.90. The first kappa shape index (κ1) is 3.72. The van der Waals surface area contributed by atoms with Gasteiger partial charge >= 0.3 is 0 Å². The third-order valence-electron chi connectivity index (χ3n) is 0.737. The van der Waals surface area contributed by atoms with Crippen LogP contribution in [0.15, 0.2) is 4.99 Å². The summed E-state index contributed by atoms with van der Waals surface area (Å²) in [6.07, 6.45) is 0. The van der Waals surface area contributed by atoms with Crippen LogP contribution in [0, 0.1) is 0 Å². The molecule has 0 unspecified atom stereocenters. The van der Waals surface area contributed by atoms with E-state index < -0.39 is 0 Å². The molecule has 6 heavy (non-hydrogen) atoms.